The standard InChI is InChI=1S/C16H33N3/c1-4-18(5-2)11-6-7-14(3)17-15-10-12-19(13-15)16-8-9-16/h14-17H,4-13H2,1-3H3. The van der Waals surface area contributed by atoms with Crippen molar-refractivity contribution in [3.63, 3.8) is 0 Å². The molecule has 2 aliphatic rings. The van der Waals surface area contributed by atoms with Gasteiger partial charge in [0.15, 0.2) is 0 Å². The van der Waals surface area contributed by atoms with Crippen LogP contribution in [0.25, 0.3) is 0 Å². The molecule has 0 aromatic rings. The number of rotatable bonds is 9. The lowest BCUT2D eigenvalue weighted by Crippen LogP contribution is -2.39. The highest BCUT2D eigenvalue weighted by molar-refractivity contribution is 4.92. The Morgan fingerprint density at radius 3 is 2.58 bits per heavy atom. The van der Waals surface area contributed by atoms with Gasteiger partial charge in [-0.1, -0.05) is 13.8 Å². The SMILES string of the molecule is CCN(CC)CCCC(C)NC1CCN(C2CC2)C1. The smallest absolute Gasteiger partial charge is 0.0209 e. The van der Waals surface area contributed by atoms with E-state index >= 15 is 0 Å². The number of likely N-dealkylation sites (tertiary alicyclic amines) is 1. The molecule has 0 aromatic heterocycles. The van der Waals surface area contributed by atoms with Gasteiger partial charge in [0.05, 0.1) is 0 Å². The summed E-state index contributed by atoms with van der Waals surface area (Å²) in [5.41, 5.74) is 0. The van der Waals surface area contributed by atoms with Crippen molar-refractivity contribution in [1.82, 2.24) is 15.1 Å². The number of nitrogens with zero attached hydrogens (tertiary/aromatic N) is 2. The zero-order valence-corrected chi connectivity index (χ0v) is 13.2. The topological polar surface area (TPSA) is 18.5 Å². The lowest BCUT2D eigenvalue weighted by atomic mass is 10.1. The van der Waals surface area contributed by atoms with E-state index in [9.17, 15) is 0 Å². The van der Waals surface area contributed by atoms with Crippen LogP contribution in [0.15, 0.2) is 0 Å². The van der Waals surface area contributed by atoms with E-state index in [1.54, 1.807) is 0 Å². The lowest BCUT2D eigenvalue weighted by molar-refractivity contribution is 0.284. The summed E-state index contributed by atoms with van der Waals surface area (Å²) >= 11 is 0. The Labute approximate surface area is 119 Å². The van der Waals surface area contributed by atoms with Crippen LogP contribution in [0.3, 0.4) is 0 Å². The fraction of sp³-hybridized carbons (Fsp3) is 1.00. The minimum absolute atomic E-state index is 0.680. The Balaban J connectivity index is 1.55. The Bertz CT molecular complexity index is 248. The van der Waals surface area contributed by atoms with Gasteiger partial charge in [-0.2, -0.15) is 0 Å². The Kier molecular flexibility index (Phi) is 6.11. The summed E-state index contributed by atoms with van der Waals surface area (Å²) in [6, 6.07) is 2.38. The van der Waals surface area contributed by atoms with Crippen LogP contribution in [0.4, 0.5) is 0 Å². The first kappa shape index (κ1) is 15.3. The molecule has 112 valence electrons. The average Bonchev–Trinajstić information content (AvgIpc) is 3.16. The first-order chi connectivity index (χ1) is 9.22. The van der Waals surface area contributed by atoms with E-state index in [0.717, 1.165) is 12.1 Å². The van der Waals surface area contributed by atoms with Gasteiger partial charge in [0.25, 0.3) is 0 Å². The van der Waals surface area contributed by atoms with E-state index in [2.05, 4.69) is 35.9 Å². The summed E-state index contributed by atoms with van der Waals surface area (Å²) in [5.74, 6) is 0. The highest BCUT2D eigenvalue weighted by Crippen LogP contribution is 2.29. The molecule has 2 unspecified atom stereocenters. The molecule has 0 spiro atoms. The molecule has 0 aromatic carbocycles. The molecule has 3 heteroatoms. The normalized spacial score (nSPS) is 26.2. The van der Waals surface area contributed by atoms with Gasteiger partial charge >= 0.3 is 0 Å². The molecule has 1 saturated heterocycles. The molecule has 1 saturated carbocycles. The van der Waals surface area contributed by atoms with Crippen LogP contribution in [0, 0.1) is 0 Å². The number of hydrogen-bond acceptors (Lipinski definition) is 3. The molecular weight excluding hydrogens is 234 g/mol. The summed E-state index contributed by atoms with van der Waals surface area (Å²) in [6.07, 6.45) is 6.90. The van der Waals surface area contributed by atoms with E-state index in [4.69, 9.17) is 0 Å². The predicted molar refractivity (Wildman–Crippen MR) is 82.6 cm³/mol. The lowest BCUT2D eigenvalue weighted by Gasteiger charge is -2.22. The molecule has 2 fully saturated rings. The van der Waals surface area contributed by atoms with Gasteiger partial charge in [0.2, 0.25) is 0 Å². The van der Waals surface area contributed by atoms with Crippen LogP contribution in [-0.4, -0.2) is 60.6 Å². The quantitative estimate of drug-likeness (QED) is 0.692. The second-order valence-electron chi connectivity index (χ2n) is 6.45. The fourth-order valence-corrected chi connectivity index (χ4v) is 3.34. The van der Waals surface area contributed by atoms with E-state index in [1.165, 1.54) is 64.8 Å². The molecule has 1 aliphatic heterocycles. The van der Waals surface area contributed by atoms with Crippen molar-refractivity contribution >= 4 is 0 Å². The summed E-state index contributed by atoms with van der Waals surface area (Å²) < 4.78 is 0. The zero-order chi connectivity index (χ0) is 13.7. The fourth-order valence-electron chi connectivity index (χ4n) is 3.34. The maximum Gasteiger partial charge on any atom is 0.0209 e. The van der Waals surface area contributed by atoms with Crippen LogP contribution >= 0.6 is 0 Å². The molecule has 1 N–H and O–H groups in total. The van der Waals surface area contributed by atoms with Crippen molar-refractivity contribution in [2.24, 2.45) is 0 Å². The largest absolute Gasteiger partial charge is 0.310 e. The molecule has 0 radical (unpaired) electrons. The second kappa shape index (κ2) is 7.61. The molecule has 0 amide bonds. The molecule has 2 rings (SSSR count). The predicted octanol–water partition coefficient (Wildman–Crippen LogP) is 2.32. The third-order valence-corrected chi connectivity index (χ3v) is 4.81. The molecule has 1 heterocycles. The Morgan fingerprint density at radius 2 is 1.95 bits per heavy atom. The van der Waals surface area contributed by atoms with Crippen molar-refractivity contribution in [1.29, 1.82) is 0 Å². The third kappa shape index (κ3) is 5.05. The minimum atomic E-state index is 0.680. The highest BCUT2D eigenvalue weighted by Gasteiger charge is 2.34. The zero-order valence-electron chi connectivity index (χ0n) is 13.2. The van der Waals surface area contributed by atoms with Crippen molar-refractivity contribution in [3.05, 3.63) is 0 Å². The van der Waals surface area contributed by atoms with Gasteiger partial charge in [-0.25, -0.2) is 0 Å². The molecule has 3 nitrogen and oxygen atoms in total. The first-order valence-electron chi connectivity index (χ1n) is 8.45. The maximum atomic E-state index is 3.84. The van der Waals surface area contributed by atoms with Crippen LogP contribution in [-0.2, 0) is 0 Å². The Morgan fingerprint density at radius 1 is 1.21 bits per heavy atom. The van der Waals surface area contributed by atoms with Gasteiger partial charge in [-0.05, 0) is 58.7 Å². The molecule has 2 atom stereocenters. The monoisotopic (exact) mass is 267 g/mol. The van der Waals surface area contributed by atoms with Crippen molar-refractivity contribution in [2.75, 3.05) is 32.7 Å². The third-order valence-electron chi connectivity index (χ3n) is 4.81. The van der Waals surface area contributed by atoms with E-state index in [1.807, 2.05) is 0 Å². The van der Waals surface area contributed by atoms with Gasteiger partial charge in [-0.15, -0.1) is 0 Å². The summed E-state index contributed by atoms with van der Waals surface area (Å²) in [6.45, 7) is 13.2. The van der Waals surface area contributed by atoms with Crippen LogP contribution in [0.5, 0.6) is 0 Å². The van der Waals surface area contributed by atoms with Crippen molar-refractivity contribution < 1.29 is 0 Å². The maximum absolute atomic E-state index is 3.84. The van der Waals surface area contributed by atoms with Crippen LogP contribution in [0.2, 0.25) is 0 Å². The van der Waals surface area contributed by atoms with Gasteiger partial charge in [-0.3, -0.25) is 4.90 Å². The average molecular weight is 267 g/mol. The number of hydrogen-bond donors (Lipinski definition) is 1. The summed E-state index contributed by atoms with van der Waals surface area (Å²) in [7, 11) is 0. The van der Waals surface area contributed by atoms with Gasteiger partial charge in [0, 0.05) is 31.2 Å². The summed E-state index contributed by atoms with van der Waals surface area (Å²) in [5, 5.41) is 3.84. The van der Waals surface area contributed by atoms with Crippen molar-refractivity contribution in [2.45, 2.75) is 71.0 Å². The minimum Gasteiger partial charge on any atom is -0.310 e. The van der Waals surface area contributed by atoms with Crippen LogP contribution in [0.1, 0.15) is 52.9 Å². The first-order valence-corrected chi connectivity index (χ1v) is 8.45. The highest BCUT2D eigenvalue weighted by atomic mass is 15.2. The van der Waals surface area contributed by atoms with Crippen molar-refractivity contribution in [3.8, 4) is 0 Å². The Hall–Kier alpha value is -0.120. The van der Waals surface area contributed by atoms with E-state index < -0.39 is 0 Å². The molecule has 0 bridgehead atoms. The van der Waals surface area contributed by atoms with Gasteiger partial charge in [0.1, 0.15) is 0 Å². The van der Waals surface area contributed by atoms with Gasteiger partial charge < -0.3 is 10.2 Å². The molecule has 1 aliphatic carbocycles. The molecule has 19 heavy (non-hydrogen) atoms. The van der Waals surface area contributed by atoms with E-state index in [0.29, 0.717) is 6.04 Å². The second-order valence-corrected chi connectivity index (χ2v) is 6.45. The summed E-state index contributed by atoms with van der Waals surface area (Å²) in [4.78, 5) is 5.22. The number of nitrogens with one attached hydrogen (secondary N) is 1. The van der Waals surface area contributed by atoms with E-state index in [-0.39, 0.29) is 0 Å². The van der Waals surface area contributed by atoms with Crippen LogP contribution < -0.4 is 5.32 Å². The molecular formula is C16H33N3.